The minimum atomic E-state index is -1.90. The van der Waals surface area contributed by atoms with E-state index in [0.29, 0.717) is 71.5 Å². The van der Waals surface area contributed by atoms with Gasteiger partial charge in [0, 0.05) is 112 Å². The van der Waals surface area contributed by atoms with Crippen molar-refractivity contribution in [3.8, 4) is 5.75 Å². The molecule has 3 aromatic carbocycles. The zero-order valence-electron chi connectivity index (χ0n) is 74.7. The molecule has 718 valence electrons. The van der Waals surface area contributed by atoms with E-state index in [2.05, 4.69) is 68.1 Å². The van der Waals surface area contributed by atoms with Crippen LogP contribution in [0.2, 0.25) is 0 Å². The Balaban J connectivity index is 1.01. The van der Waals surface area contributed by atoms with Gasteiger partial charge >= 0.3 is 0 Å². The number of piperidine rings is 1. The van der Waals surface area contributed by atoms with Gasteiger partial charge in [0.1, 0.15) is 90.3 Å². The SMILES string of the molecule is CCCC[C@H]1C(=O)N(C)[C@@H](CCCC)C(=O)N[C@@H](C)C(=O)N[C@H](C(=O)NCC(N)=O)CSCC(=O)N[C@H](Cc2ccc(O)cc2)C(=O)N2CCCC[C@H]2C(=O)N[C@@H](CC(N)=O)C(=O)N2CCC[C@H]2C(=O)N[C@@H](Cc2cnc[nH]2)C(=O)N[C@@H](CCC(N)=O)C(=O)N2C[C@H](O)C[C@H]2C(=O)N[C@@H](Cc2c[nH]c3ccccc23)C(=O)N[C@@H](CO)C(=O)N[C@@H](Cc2csc3ccccc23)C(=O)N1C. The average molecular weight is 1880 g/mol. The fourth-order valence-electron chi connectivity index (χ4n) is 16.9. The highest BCUT2D eigenvalue weighted by Gasteiger charge is 2.47. The van der Waals surface area contributed by atoms with Crippen LogP contribution in [-0.4, -0.2) is 310 Å². The van der Waals surface area contributed by atoms with E-state index in [9.17, 15) is 58.5 Å². The van der Waals surface area contributed by atoms with Gasteiger partial charge in [0.05, 0.1) is 37.8 Å². The quantitative estimate of drug-likeness (QED) is 0.0311. The number of thioether (sulfide) groups is 1. The number of unbranched alkanes of at least 4 members (excludes halogenated alkanes) is 2. The Morgan fingerprint density at radius 2 is 1.11 bits per heavy atom. The summed E-state index contributed by atoms with van der Waals surface area (Å²) in [6.45, 7) is 2.40. The number of amides is 18. The lowest BCUT2D eigenvalue weighted by molar-refractivity contribution is -0.149. The molecule has 18 amide bonds. The number of aromatic hydroxyl groups is 1. The molecule has 4 aliphatic heterocycles. The molecular formula is C89H119N21O21S2. The molecule has 3 aromatic heterocycles. The summed E-state index contributed by atoms with van der Waals surface area (Å²) in [5.41, 5.74) is 19.2. The van der Waals surface area contributed by atoms with E-state index in [-0.39, 0.29) is 82.3 Å². The van der Waals surface area contributed by atoms with Crippen molar-refractivity contribution in [2.24, 2.45) is 17.2 Å². The van der Waals surface area contributed by atoms with Gasteiger partial charge in [-0.05, 0) is 110 Å². The van der Waals surface area contributed by atoms with Gasteiger partial charge in [0.25, 0.3) is 0 Å². The third-order valence-corrected chi connectivity index (χ3v) is 26.1. The van der Waals surface area contributed by atoms with Crippen LogP contribution in [-0.2, 0) is 112 Å². The number of imidazole rings is 1. The number of phenolic OH excluding ortho intramolecular Hbond substituents is 1. The number of para-hydroxylation sites is 1. The van der Waals surface area contributed by atoms with Crippen molar-refractivity contribution in [2.75, 3.05) is 58.4 Å². The van der Waals surface area contributed by atoms with E-state index in [1.54, 1.807) is 41.9 Å². The number of fused-ring (bicyclic) bond motifs is 5. The fraction of sp³-hybridized carbons (Fsp3) is 0.517. The van der Waals surface area contributed by atoms with E-state index in [0.717, 1.165) is 36.1 Å². The van der Waals surface area contributed by atoms with Crippen molar-refractivity contribution in [1.29, 1.82) is 0 Å². The number of aromatic amines is 2. The molecule has 10 rings (SSSR count). The topological polar surface area (TPSA) is 627 Å². The van der Waals surface area contributed by atoms with Crippen LogP contribution in [0.15, 0.2) is 96.9 Å². The Morgan fingerprint density at radius 1 is 0.534 bits per heavy atom. The largest absolute Gasteiger partial charge is 0.508 e. The summed E-state index contributed by atoms with van der Waals surface area (Å²) in [7, 11) is 2.70. The molecule has 4 aliphatic rings. The highest BCUT2D eigenvalue weighted by atomic mass is 32.2. The van der Waals surface area contributed by atoms with Crippen LogP contribution in [0.3, 0.4) is 0 Å². The van der Waals surface area contributed by atoms with Crippen molar-refractivity contribution < 1.29 is 102 Å². The normalized spacial score (nSPS) is 25.4. The minimum Gasteiger partial charge on any atom is -0.508 e. The molecule has 133 heavy (non-hydrogen) atoms. The number of H-pyrrole nitrogens is 2. The molecule has 42 nitrogen and oxygen atoms in total. The Morgan fingerprint density at radius 3 is 1.76 bits per heavy atom. The van der Waals surface area contributed by atoms with Crippen molar-refractivity contribution in [1.82, 2.24) is 92.6 Å². The summed E-state index contributed by atoms with van der Waals surface area (Å²) in [5.74, 6) is -18.1. The van der Waals surface area contributed by atoms with Crippen LogP contribution in [0, 0.1) is 0 Å². The zero-order valence-corrected chi connectivity index (χ0v) is 76.3. The number of primary amides is 3. The molecule has 0 aliphatic carbocycles. The third-order valence-electron chi connectivity index (χ3n) is 24.1. The first kappa shape index (κ1) is 102. The predicted octanol–water partition coefficient (Wildman–Crippen LogP) is -2.69. The van der Waals surface area contributed by atoms with Crippen molar-refractivity contribution in [2.45, 2.75) is 233 Å². The minimum absolute atomic E-state index is 0.00629. The van der Waals surface area contributed by atoms with Crippen LogP contribution in [0.25, 0.3) is 21.0 Å². The van der Waals surface area contributed by atoms with Gasteiger partial charge in [0.15, 0.2) is 0 Å². The molecule has 0 saturated carbocycles. The summed E-state index contributed by atoms with van der Waals surface area (Å²) in [6, 6.07) is -2.14. The number of aromatic nitrogens is 3. The van der Waals surface area contributed by atoms with Crippen LogP contribution in [0.1, 0.15) is 139 Å². The van der Waals surface area contributed by atoms with Gasteiger partial charge < -0.3 is 120 Å². The first-order chi connectivity index (χ1) is 63.6. The van der Waals surface area contributed by atoms with Gasteiger partial charge in [-0.2, -0.15) is 0 Å². The number of hydrogen-bond donors (Lipinski definition) is 18. The van der Waals surface area contributed by atoms with Gasteiger partial charge in [-0.1, -0.05) is 88.1 Å². The number of thiophene rings is 1. The molecule has 4 saturated heterocycles. The van der Waals surface area contributed by atoms with E-state index in [1.165, 1.54) is 74.0 Å². The second kappa shape index (κ2) is 48.3. The number of carbonyl (C=O) groups excluding carboxylic acids is 18. The number of aliphatic hydroxyl groups excluding tert-OH is 2. The summed E-state index contributed by atoms with van der Waals surface area (Å²) in [4.78, 5) is 278. The smallest absolute Gasteiger partial charge is 0.246 e. The maximum Gasteiger partial charge on any atom is 0.246 e. The molecule has 21 N–H and O–H groups in total. The van der Waals surface area contributed by atoms with E-state index in [4.69, 9.17) is 17.2 Å². The van der Waals surface area contributed by atoms with Crippen LogP contribution < -0.4 is 70.4 Å². The number of phenols is 1. The van der Waals surface area contributed by atoms with E-state index in [1.807, 2.05) is 32.0 Å². The fourth-order valence-corrected chi connectivity index (χ4v) is 18.7. The number of aliphatic hydroxyl groups is 2. The number of carbonyl (C=O) groups is 18. The molecular weight excluding hydrogens is 1760 g/mol. The Labute approximate surface area is 774 Å². The molecule has 0 radical (unpaired) electrons. The lowest BCUT2D eigenvalue weighted by Crippen LogP contribution is -2.62. The van der Waals surface area contributed by atoms with Gasteiger partial charge in [-0.25, -0.2) is 4.98 Å². The Hall–Kier alpha value is -13.1. The summed E-state index contributed by atoms with van der Waals surface area (Å²) >= 11 is 2.14. The Kier molecular flexibility index (Phi) is 37.1. The highest BCUT2D eigenvalue weighted by molar-refractivity contribution is 8.00. The first-order valence-electron chi connectivity index (χ1n) is 44.5. The average Bonchev–Trinajstić information content (AvgIpc) is 1.64. The van der Waals surface area contributed by atoms with Crippen molar-refractivity contribution in [3.05, 3.63) is 119 Å². The molecule has 0 spiro atoms. The number of hydrogen-bond acceptors (Lipinski definition) is 24. The number of nitrogens with two attached hydrogens (primary N) is 3. The lowest BCUT2D eigenvalue weighted by atomic mass is 9.97. The molecule has 6 aromatic rings. The van der Waals surface area contributed by atoms with Crippen LogP contribution in [0.4, 0.5) is 0 Å². The summed E-state index contributed by atoms with van der Waals surface area (Å²) in [6.07, 6.45) is 1.77. The molecule has 0 unspecified atom stereocenters. The van der Waals surface area contributed by atoms with Gasteiger partial charge in [-0.15, -0.1) is 23.1 Å². The van der Waals surface area contributed by atoms with Crippen molar-refractivity contribution in [3.63, 3.8) is 0 Å². The number of likely N-dealkylation sites (N-methyl/N-ethyl adjacent to an activating group) is 2. The highest BCUT2D eigenvalue weighted by Crippen LogP contribution is 2.31. The van der Waals surface area contributed by atoms with E-state index >= 15 is 43.2 Å². The maximum atomic E-state index is 15.7. The molecule has 4 fully saturated rings. The standard InChI is InChI=1S/C89H119N21O21S2/c1-6-8-20-66-81(123)97-48(3)76(118)105-65(77(119)95-41-74(92)116)45-132-46-75(117)98-61(33-49-25-27-53(112)28-26-49)87(129)108-31-15-14-22-67(108)83(125)103-63(38-73(91)115)88(130)109-32-16-23-68(109)82(124)101-60(36-52-40-93-47-96-52)79(121)99-58(29-30-72(90)114)86(128)110-42-54(113)37-70(110)84(126)100-59(34-50-39-94-57-19-12-10-17-55(50)57)78(120)104-64(43-111)80(122)102-62(35-51-44-133-71-24-13-11-18-56(51)71)85(127)107(5)69(21-9-7-2)89(131)106(66)4/h10-13,17-19,24-28,39-40,44,47-48,54,58-70,94,111-113H,6-9,14-16,20-23,29-38,41-43,45-46H2,1-5H3,(H2,90,114)(H2,91,115)(H2,92,116)(H,93,96)(H,95,119)(H,97,123)(H,98,117)(H,99,121)(H,100,126)(H,101,124)(H,102,122)(H,103,125)(H,104,120)(H,105,118)/t48-,54+,58-,59-,60-,61+,62-,63-,64-,65-,66-,67-,68-,69-,70-/m0/s1. The number of rotatable bonds is 23. The van der Waals surface area contributed by atoms with Gasteiger partial charge in [0.2, 0.25) is 106 Å². The second-order valence-corrected chi connectivity index (χ2v) is 35.8. The van der Waals surface area contributed by atoms with Crippen molar-refractivity contribution >= 4 is 150 Å². The maximum absolute atomic E-state index is 15.7. The number of nitrogens with one attached hydrogen (secondary N) is 12. The first-order valence-corrected chi connectivity index (χ1v) is 46.5. The molecule has 15 atom stereocenters. The third kappa shape index (κ3) is 27.5. The van der Waals surface area contributed by atoms with E-state index < -0.39 is 254 Å². The number of nitrogens with zero attached hydrogens (tertiary/aromatic N) is 6. The zero-order chi connectivity index (χ0) is 96.4. The van der Waals surface area contributed by atoms with Crippen LogP contribution in [0.5, 0.6) is 5.75 Å². The monoisotopic (exact) mass is 1880 g/mol. The predicted molar refractivity (Wildman–Crippen MR) is 486 cm³/mol. The second-order valence-electron chi connectivity index (χ2n) is 33.9. The molecule has 44 heteroatoms. The summed E-state index contributed by atoms with van der Waals surface area (Å²) < 4.78 is 0.810. The number of benzene rings is 3. The van der Waals surface area contributed by atoms with Crippen LogP contribution >= 0.6 is 23.1 Å². The lowest BCUT2D eigenvalue weighted by Gasteiger charge is -2.38. The Bertz CT molecular complexity index is 5210. The summed E-state index contributed by atoms with van der Waals surface area (Å²) in [5, 5.41) is 62.1. The molecule has 7 heterocycles. The van der Waals surface area contributed by atoms with Gasteiger partial charge in [-0.3, -0.25) is 86.3 Å². The molecule has 0 bridgehead atoms.